The van der Waals surface area contributed by atoms with Crippen LogP contribution in [0.1, 0.15) is 0 Å². The van der Waals surface area contributed by atoms with Crippen molar-refractivity contribution in [2.24, 2.45) is 0 Å². The van der Waals surface area contributed by atoms with Crippen LogP contribution in [0.25, 0.3) is 77.3 Å². The molecule has 0 N–H and O–H groups in total. The van der Waals surface area contributed by atoms with Gasteiger partial charge in [0.1, 0.15) is 16.7 Å². The van der Waals surface area contributed by atoms with E-state index in [0.29, 0.717) is 0 Å². The van der Waals surface area contributed by atoms with E-state index in [1.807, 2.05) is 48.8 Å². The zero-order valence-corrected chi connectivity index (χ0v) is 20.9. The van der Waals surface area contributed by atoms with E-state index in [1.54, 1.807) is 6.20 Å². The molecule has 0 bridgehead atoms. The summed E-state index contributed by atoms with van der Waals surface area (Å²) >= 11 is 0. The monoisotopic (exact) mass is 499 g/mol. The Morgan fingerprint density at radius 3 is 1.97 bits per heavy atom. The number of fused-ring (bicyclic) bond motifs is 7. The Morgan fingerprint density at radius 1 is 0.513 bits per heavy atom. The Kier molecular flexibility index (Phi) is 4.79. The van der Waals surface area contributed by atoms with Crippen molar-refractivity contribution in [2.45, 2.75) is 0 Å². The average molecular weight is 500 g/mol. The van der Waals surface area contributed by atoms with Gasteiger partial charge in [-0.25, -0.2) is 4.98 Å². The fourth-order valence-corrected chi connectivity index (χ4v) is 5.51. The lowest BCUT2D eigenvalue weighted by Crippen LogP contribution is -1.92. The van der Waals surface area contributed by atoms with Crippen LogP contribution in [0.5, 0.6) is 0 Å². The first-order valence-electron chi connectivity index (χ1n) is 12.9. The summed E-state index contributed by atoms with van der Waals surface area (Å²) in [6.07, 6.45) is 5.50. The highest BCUT2D eigenvalue weighted by atomic mass is 16.3. The maximum Gasteiger partial charge on any atom is 0.145 e. The van der Waals surface area contributed by atoms with Gasteiger partial charge in [-0.15, -0.1) is 0 Å². The molecule has 4 nitrogen and oxygen atoms in total. The molecule has 0 spiro atoms. The van der Waals surface area contributed by atoms with E-state index in [1.165, 1.54) is 5.56 Å². The highest BCUT2D eigenvalue weighted by Gasteiger charge is 2.17. The second-order valence-electron chi connectivity index (χ2n) is 9.69. The SMILES string of the molecule is c1cncc(-c2ccc(-c3ccc(-c4nc5cccnc5c5c4ccc4c6ccccc6oc45)cc3)cc2)c1. The van der Waals surface area contributed by atoms with E-state index in [-0.39, 0.29) is 0 Å². The van der Waals surface area contributed by atoms with Crippen LogP contribution in [-0.4, -0.2) is 15.0 Å². The molecule has 0 saturated carbocycles. The maximum atomic E-state index is 6.41. The zero-order chi connectivity index (χ0) is 25.8. The van der Waals surface area contributed by atoms with Crippen LogP contribution in [0, 0.1) is 0 Å². The van der Waals surface area contributed by atoms with Gasteiger partial charge < -0.3 is 4.42 Å². The third-order valence-electron chi connectivity index (χ3n) is 7.43. The second kappa shape index (κ2) is 8.61. The average Bonchev–Trinajstić information content (AvgIpc) is 3.40. The molecule has 0 aliphatic rings. The molecule has 4 heterocycles. The molecule has 8 rings (SSSR count). The lowest BCUT2D eigenvalue weighted by Gasteiger charge is -2.11. The van der Waals surface area contributed by atoms with Gasteiger partial charge in [-0.05, 0) is 52.6 Å². The molecule has 4 aromatic heterocycles. The highest BCUT2D eigenvalue weighted by Crippen LogP contribution is 2.40. The minimum atomic E-state index is 0.850. The predicted molar refractivity (Wildman–Crippen MR) is 158 cm³/mol. The summed E-state index contributed by atoms with van der Waals surface area (Å²) in [5.41, 5.74) is 9.99. The number of benzene rings is 4. The summed E-state index contributed by atoms with van der Waals surface area (Å²) in [5.74, 6) is 0. The molecule has 8 aromatic rings. The summed E-state index contributed by atoms with van der Waals surface area (Å²) in [4.78, 5) is 14.0. The van der Waals surface area contributed by atoms with Gasteiger partial charge in [-0.1, -0.05) is 78.9 Å². The predicted octanol–water partition coefficient (Wildman–Crippen LogP) is 9.08. The molecule has 39 heavy (non-hydrogen) atoms. The van der Waals surface area contributed by atoms with Gasteiger partial charge in [0.25, 0.3) is 0 Å². The van der Waals surface area contributed by atoms with E-state index >= 15 is 0 Å². The third-order valence-corrected chi connectivity index (χ3v) is 7.43. The summed E-state index contributed by atoms with van der Waals surface area (Å²) in [7, 11) is 0. The first kappa shape index (κ1) is 21.7. The summed E-state index contributed by atoms with van der Waals surface area (Å²) in [5, 5.41) is 4.23. The van der Waals surface area contributed by atoms with Gasteiger partial charge in [0.05, 0.1) is 16.6 Å². The molecule has 0 aliphatic carbocycles. The van der Waals surface area contributed by atoms with E-state index in [0.717, 1.165) is 71.7 Å². The van der Waals surface area contributed by atoms with Crippen LogP contribution in [0.4, 0.5) is 0 Å². The fraction of sp³-hybridized carbons (Fsp3) is 0. The fourth-order valence-electron chi connectivity index (χ4n) is 5.51. The Bertz CT molecular complexity index is 2150. The minimum Gasteiger partial charge on any atom is -0.455 e. The number of para-hydroxylation sites is 1. The number of aromatic nitrogens is 3. The molecule has 0 fully saturated rings. The van der Waals surface area contributed by atoms with Crippen LogP contribution < -0.4 is 0 Å². The lowest BCUT2D eigenvalue weighted by molar-refractivity contribution is 0.673. The van der Waals surface area contributed by atoms with E-state index in [9.17, 15) is 0 Å². The molecule has 4 heteroatoms. The minimum absolute atomic E-state index is 0.850. The van der Waals surface area contributed by atoms with Crippen molar-refractivity contribution >= 4 is 43.7 Å². The third kappa shape index (κ3) is 3.50. The first-order chi connectivity index (χ1) is 19.3. The van der Waals surface area contributed by atoms with Crippen molar-refractivity contribution in [3.05, 3.63) is 128 Å². The first-order valence-corrected chi connectivity index (χ1v) is 12.9. The van der Waals surface area contributed by atoms with Crippen LogP contribution in [0.2, 0.25) is 0 Å². The van der Waals surface area contributed by atoms with Crippen LogP contribution in [-0.2, 0) is 0 Å². The molecular weight excluding hydrogens is 478 g/mol. The Labute approximate surface area is 224 Å². The van der Waals surface area contributed by atoms with Gasteiger partial charge >= 0.3 is 0 Å². The number of pyridine rings is 3. The maximum absolute atomic E-state index is 6.41. The zero-order valence-electron chi connectivity index (χ0n) is 20.9. The number of hydrogen-bond acceptors (Lipinski definition) is 4. The van der Waals surface area contributed by atoms with Crippen molar-refractivity contribution in [3.8, 4) is 33.5 Å². The topological polar surface area (TPSA) is 51.8 Å². The number of nitrogens with zero attached hydrogens (tertiary/aromatic N) is 3. The van der Waals surface area contributed by atoms with Crippen molar-refractivity contribution in [3.63, 3.8) is 0 Å². The Morgan fingerprint density at radius 2 is 1.21 bits per heavy atom. The highest BCUT2D eigenvalue weighted by molar-refractivity contribution is 6.23. The number of hydrogen-bond donors (Lipinski definition) is 0. The van der Waals surface area contributed by atoms with Crippen LogP contribution in [0.3, 0.4) is 0 Å². The molecule has 0 saturated heterocycles. The number of rotatable bonds is 3. The van der Waals surface area contributed by atoms with Gasteiger partial charge in [0.2, 0.25) is 0 Å². The molecular formula is C35H21N3O. The molecule has 182 valence electrons. The van der Waals surface area contributed by atoms with Gasteiger partial charge in [-0.2, -0.15) is 0 Å². The van der Waals surface area contributed by atoms with E-state index in [2.05, 4.69) is 77.8 Å². The quantitative estimate of drug-likeness (QED) is 0.228. The van der Waals surface area contributed by atoms with Gasteiger partial charge in [-0.3, -0.25) is 9.97 Å². The second-order valence-corrected chi connectivity index (χ2v) is 9.69. The Balaban J connectivity index is 1.27. The lowest BCUT2D eigenvalue weighted by atomic mass is 9.97. The largest absolute Gasteiger partial charge is 0.455 e. The molecule has 4 aromatic carbocycles. The smallest absolute Gasteiger partial charge is 0.145 e. The van der Waals surface area contributed by atoms with Gasteiger partial charge in [0, 0.05) is 40.3 Å². The molecule has 0 amide bonds. The van der Waals surface area contributed by atoms with Crippen LogP contribution >= 0.6 is 0 Å². The van der Waals surface area contributed by atoms with Crippen molar-refractivity contribution < 1.29 is 4.42 Å². The standard InChI is InChI=1S/C35H21N3O/c1-2-8-31-27(6-1)28-17-18-29-32(35(28)39-31)34-30(7-4-20-37-34)38-33(29)25-15-13-23(14-16-25)22-9-11-24(12-10-22)26-5-3-19-36-21-26/h1-21H. The van der Waals surface area contributed by atoms with Crippen molar-refractivity contribution in [2.75, 3.05) is 0 Å². The van der Waals surface area contributed by atoms with E-state index in [4.69, 9.17) is 14.4 Å². The van der Waals surface area contributed by atoms with Gasteiger partial charge in [0.15, 0.2) is 0 Å². The van der Waals surface area contributed by atoms with Crippen molar-refractivity contribution in [1.82, 2.24) is 15.0 Å². The number of furan rings is 1. The van der Waals surface area contributed by atoms with Crippen LogP contribution in [0.15, 0.2) is 132 Å². The van der Waals surface area contributed by atoms with E-state index < -0.39 is 0 Å². The molecule has 0 radical (unpaired) electrons. The Hall–Kier alpha value is -5.35. The normalized spacial score (nSPS) is 11.6. The molecule has 0 unspecified atom stereocenters. The molecule has 0 aliphatic heterocycles. The van der Waals surface area contributed by atoms with Crippen molar-refractivity contribution in [1.29, 1.82) is 0 Å². The summed E-state index contributed by atoms with van der Waals surface area (Å²) in [6, 6.07) is 37.7. The summed E-state index contributed by atoms with van der Waals surface area (Å²) < 4.78 is 6.41. The molecule has 0 atom stereocenters. The summed E-state index contributed by atoms with van der Waals surface area (Å²) in [6.45, 7) is 0.